The number of carbonyl (C=O) groups is 1. The zero-order valence-corrected chi connectivity index (χ0v) is 21.7. The number of halogens is 2. The Kier molecular flexibility index (Phi) is 7.12. The van der Waals surface area contributed by atoms with E-state index < -0.39 is 23.9 Å². The maximum absolute atomic E-state index is 13.6. The van der Waals surface area contributed by atoms with Crippen LogP contribution in [-0.2, 0) is 4.74 Å². The lowest BCUT2D eigenvalue weighted by atomic mass is 9.95. The highest BCUT2D eigenvalue weighted by Gasteiger charge is 2.27. The van der Waals surface area contributed by atoms with Crippen molar-refractivity contribution in [2.24, 2.45) is 5.92 Å². The zero-order valence-electron chi connectivity index (χ0n) is 20.9. The molecule has 0 spiro atoms. The van der Waals surface area contributed by atoms with Gasteiger partial charge in [-0.3, -0.25) is 19.5 Å². The van der Waals surface area contributed by atoms with Gasteiger partial charge in [-0.25, -0.2) is 13.8 Å². The minimum Gasteiger partial charge on any atom is -0.495 e. The lowest BCUT2D eigenvalue weighted by Crippen LogP contribution is -2.33. The van der Waals surface area contributed by atoms with Crippen LogP contribution in [0.2, 0.25) is 0 Å². The van der Waals surface area contributed by atoms with Gasteiger partial charge in [0.2, 0.25) is 5.13 Å². The molecule has 1 atom stereocenters. The first kappa shape index (κ1) is 26.1. The van der Waals surface area contributed by atoms with Crippen molar-refractivity contribution in [1.82, 2.24) is 25.1 Å². The highest BCUT2D eigenvalue weighted by Crippen LogP contribution is 2.32. The number of methoxy groups -OCH3 is 1. The number of anilines is 2. The molecule has 5 rings (SSSR count). The number of allylic oxidation sites excluding steroid dienone is 1. The fraction of sp³-hybridized carbons (Fsp3) is 0.269. The Hall–Kier alpha value is -4.57. The summed E-state index contributed by atoms with van der Waals surface area (Å²) in [7, 11) is 1.38. The molecule has 13 heteroatoms. The number of nitrogen functional groups attached to an aromatic ring is 1. The van der Waals surface area contributed by atoms with Crippen LogP contribution in [0, 0.1) is 24.7 Å². The number of amides is 1. The molecule has 3 aromatic rings. The minimum atomic E-state index is -2.73. The minimum absolute atomic E-state index is 0.0387. The summed E-state index contributed by atoms with van der Waals surface area (Å²) >= 11 is 1.11. The first-order chi connectivity index (χ1) is 18.7. The van der Waals surface area contributed by atoms with Gasteiger partial charge in [0.15, 0.2) is 5.01 Å². The van der Waals surface area contributed by atoms with E-state index in [1.807, 2.05) is 0 Å². The van der Waals surface area contributed by atoms with Crippen LogP contribution in [0.5, 0.6) is 0 Å². The molecular weight excluding hydrogens is 528 g/mol. The van der Waals surface area contributed by atoms with Crippen molar-refractivity contribution < 1.29 is 18.3 Å². The van der Waals surface area contributed by atoms with Gasteiger partial charge in [-0.15, -0.1) is 10.2 Å². The van der Waals surface area contributed by atoms with Crippen LogP contribution in [-0.4, -0.2) is 45.2 Å². The van der Waals surface area contributed by atoms with Gasteiger partial charge in [0.1, 0.15) is 17.6 Å². The van der Waals surface area contributed by atoms with Crippen LogP contribution < -0.4 is 21.9 Å². The van der Waals surface area contributed by atoms with Gasteiger partial charge in [-0.05, 0) is 43.4 Å². The van der Waals surface area contributed by atoms with Gasteiger partial charge in [0.25, 0.3) is 17.9 Å². The van der Waals surface area contributed by atoms with Crippen LogP contribution >= 0.6 is 11.3 Å². The number of nitrogens with one attached hydrogen (secondary N) is 2. The lowest BCUT2D eigenvalue weighted by molar-refractivity contribution is 0.102. The van der Waals surface area contributed by atoms with Gasteiger partial charge in [-0.1, -0.05) is 17.3 Å². The van der Waals surface area contributed by atoms with E-state index >= 15 is 0 Å². The second kappa shape index (κ2) is 10.7. The molecule has 1 aliphatic carbocycles. The molecule has 1 aliphatic heterocycles. The smallest absolute Gasteiger partial charge is 0.261 e. The summed E-state index contributed by atoms with van der Waals surface area (Å²) in [5.74, 6) is 6.15. The predicted molar refractivity (Wildman–Crippen MR) is 142 cm³/mol. The molecule has 0 bridgehead atoms. The second-order valence-electron chi connectivity index (χ2n) is 8.94. The molecule has 0 radical (unpaired) electrons. The normalized spacial score (nSPS) is 16.5. The Morgan fingerprint density at radius 3 is 2.85 bits per heavy atom. The molecule has 2 aliphatic rings. The van der Waals surface area contributed by atoms with Gasteiger partial charge < -0.3 is 15.8 Å². The molecule has 0 aromatic carbocycles. The fourth-order valence-corrected chi connectivity index (χ4v) is 4.38. The Labute approximate surface area is 225 Å². The molecule has 1 unspecified atom stereocenters. The fourth-order valence-electron chi connectivity index (χ4n) is 3.78. The van der Waals surface area contributed by atoms with Crippen LogP contribution in [0.1, 0.15) is 39.3 Å². The van der Waals surface area contributed by atoms with E-state index in [0.29, 0.717) is 22.2 Å². The summed E-state index contributed by atoms with van der Waals surface area (Å²) in [6, 6.07) is 1.47. The number of dihydropyridines is 1. The quantitative estimate of drug-likeness (QED) is 0.398. The first-order valence-electron chi connectivity index (χ1n) is 11.9. The van der Waals surface area contributed by atoms with Gasteiger partial charge in [0, 0.05) is 41.7 Å². The van der Waals surface area contributed by atoms with Crippen molar-refractivity contribution in [2.75, 3.05) is 18.2 Å². The van der Waals surface area contributed by atoms with E-state index in [4.69, 9.17) is 10.5 Å². The first-order valence-corrected chi connectivity index (χ1v) is 12.7. The van der Waals surface area contributed by atoms with E-state index in [0.717, 1.165) is 24.2 Å². The number of aryl methyl sites for hydroxylation is 1. The molecule has 1 fully saturated rings. The van der Waals surface area contributed by atoms with Crippen molar-refractivity contribution in [1.29, 1.82) is 0 Å². The van der Waals surface area contributed by atoms with Crippen molar-refractivity contribution >= 4 is 33.6 Å². The molecule has 3 aromatic heterocycles. The van der Waals surface area contributed by atoms with Crippen LogP contribution in [0.3, 0.4) is 0 Å². The van der Waals surface area contributed by atoms with Gasteiger partial charge >= 0.3 is 0 Å². The summed E-state index contributed by atoms with van der Waals surface area (Å²) in [5, 5.41) is 13.9. The zero-order chi connectivity index (χ0) is 27.7. The lowest BCUT2D eigenvalue weighted by Gasteiger charge is -2.24. The second-order valence-corrected chi connectivity index (χ2v) is 9.92. The summed E-state index contributed by atoms with van der Waals surface area (Å²) in [5.41, 5.74) is 7.02. The van der Waals surface area contributed by atoms with E-state index in [1.165, 1.54) is 48.5 Å². The molecule has 4 heterocycles. The number of alkyl halides is 2. The Morgan fingerprint density at radius 2 is 2.13 bits per heavy atom. The predicted octanol–water partition coefficient (Wildman–Crippen LogP) is 3.10. The average molecular weight is 552 g/mol. The third-order valence-corrected chi connectivity index (χ3v) is 6.84. The van der Waals surface area contributed by atoms with E-state index in [2.05, 4.69) is 37.7 Å². The van der Waals surface area contributed by atoms with Crippen molar-refractivity contribution in [3.05, 3.63) is 74.6 Å². The monoisotopic (exact) mass is 551 g/mol. The largest absolute Gasteiger partial charge is 0.495 e. The van der Waals surface area contributed by atoms with Crippen molar-refractivity contribution in [3.63, 3.8) is 0 Å². The van der Waals surface area contributed by atoms with E-state index in [9.17, 15) is 18.4 Å². The topological polar surface area (TPSA) is 137 Å². The van der Waals surface area contributed by atoms with Crippen LogP contribution in [0.25, 0.3) is 11.4 Å². The molecule has 0 saturated heterocycles. The molecule has 4 N–H and O–H groups in total. The SMILES string of the molecule is COC1=CNC(C(F)F)C=C1c1cc(-n2cc(N)c(C)cc2=O)ncc1C(=O)Nc1nnc(C#CC2CC2)s1. The Balaban J connectivity index is 1.57. The number of ether oxygens (including phenoxy) is 1. The third kappa shape index (κ3) is 5.65. The summed E-state index contributed by atoms with van der Waals surface area (Å²) in [6.45, 7) is 1.70. The third-order valence-electron chi connectivity index (χ3n) is 6.09. The molecule has 39 heavy (non-hydrogen) atoms. The standard InChI is InChI=1S/C26H23F2N7O3S/c1-13-7-23(36)35(12-18(13)29)21-9-15(16-8-19(24(27)28)30-11-20(16)38-2)17(10-31-21)25(37)32-26-34-33-22(39-26)6-5-14-3-4-14/h7-12,14,19,24,30H,3-4,29H2,1-2H3,(H,32,34,37). The highest BCUT2D eigenvalue weighted by molar-refractivity contribution is 7.15. The maximum Gasteiger partial charge on any atom is 0.261 e. The number of nitrogens with zero attached hydrogens (tertiary/aromatic N) is 4. The maximum atomic E-state index is 13.6. The van der Waals surface area contributed by atoms with Gasteiger partial charge in [0.05, 0.1) is 18.4 Å². The van der Waals surface area contributed by atoms with Gasteiger partial charge in [-0.2, -0.15) is 0 Å². The Morgan fingerprint density at radius 1 is 1.33 bits per heavy atom. The van der Waals surface area contributed by atoms with Crippen LogP contribution in [0.15, 0.2) is 47.4 Å². The number of nitrogens with two attached hydrogens (primary N) is 1. The summed E-state index contributed by atoms with van der Waals surface area (Å²) in [6.07, 6.45) is 4.65. The molecule has 10 nitrogen and oxygen atoms in total. The number of pyridine rings is 2. The molecule has 200 valence electrons. The van der Waals surface area contributed by atoms with E-state index in [-0.39, 0.29) is 33.4 Å². The average Bonchev–Trinajstić information content (AvgIpc) is 3.66. The summed E-state index contributed by atoms with van der Waals surface area (Å²) in [4.78, 5) is 30.4. The number of hydrogen-bond donors (Lipinski definition) is 3. The van der Waals surface area contributed by atoms with Crippen LogP contribution in [0.4, 0.5) is 19.6 Å². The molecular formula is C26H23F2N7O3S. The number of aromatic nitrogens is 4. The van der Waals surface area contributed by atoms with Crippen molar-refractivity contribution in [2.45, 2.75) is 32.2 Å². The number of hydrogen-bond acceptors (Lipinski definition) is 9. The van der Waals surface area contributed by atoms with Crippen molar-refractivity contribution in [3.8, 4) is 17.7 Å². The Bertz CT molecular complexity index is 1630. The molecule has 1 amide bonds. The molecule has 1 saturated carbocycles. The number of rotatable bonds is 6. The van der Waals surface area contributed by atoms with E-state index in [1.54, 1.807) is 6.92 Å². The summed E-state index contributed by atoms with van der Waals surface area (Å²) < 4.78 is 33.9. The number of carbonyl (C=O) groups excluding carboxylic acids is 1. The highest BCUT2D eigenvalue weighted by atomic mass is 32.1.